The highest BCUT2D eigenvalue weighted by Gasteiger charge is 2.33. The molecule has 158 valence electrons. The molecule has 8 heteroatoms. The van der Waals surface area contributed by atoms with Crippen LogP contribution >= 0.6 is 22.6 Å². The van der Waals surface area contributed by atoms with Gasteiger partial charge in [-0.2, -0.15) is 0 Å². The first-order chi connectivity index (χ1) is 14.0. The van der Waals surface area contributed by atoms with Crippen LogP contribution in [0.1, 0.15) is 56.1 Å². The summed E-state index contributed by atoms with van der Waals surface area (Å²) in [4.78, 5) is 27.2. The van der Waals surface area contributed by atoms with Crippen molar-refractivity contribution >= 4 is 40.2 Å². The number of nitrogen functional groups attached to an aromatic ring is 1. The fourth-order valence-corrected chi connectivity index (χ4v) is 4.84. The number of halogens is 1. The van der Waals surface area contributed by atoms with Crippen molar-refractivity contribution in [3.05, 3.63) is 32.9 Å². The Morgan fingerprint density at radius 1 is 1.17 bits per heavy atom. The van der Waals surface area contributed by atoms with Gasteiger partial charge < -0.3 is 21.3 Å². The molecule has 0 spiro atoms. The molecule has 1 aliphatic heterocycles. The van der Waals surface area contributed by atoms with E-state index in [0.29, 0.717) is 37.7 Å². The number of nitrogens with one attached hydrogen (secondary N) is 3. The predicted octanol–water partition coefficient (Wildman–Crippen LogP) is 2.10. The summed E-state index contributed by atoms with van der Waals surface area (Å²) in [6.07, 6.45) is 7.59. The van der Waals surface area contributed by atoms with E-state index in [9.17, 15) is 9.59 Å². The maximum Gasteiger partial charge on any atom is 0.243 e. The third-order valence-corrected chi connectivity index (χ3v) is 6.84. The number of amidine groups is 1. The van der Waals surface area contributed by atoms with Gasteiger partial charge in [0, 0.05) is 28.3 Å². The second kappa shape index (κ2) is 10.4. The number of hydrogen-bond acceptors (Lipinski definition) is 4. The third kappa shape index (κ3) is 5.91. The van der Waals surface area contributed by atoms with Crippen LogP contribution in [0, 0.1) is 8.98 Å². The van der Waals surface area contributed by atoms with Crippen LogP contribution < -0.4 is 16.4 Å². The molecule has 2 aliphatic rings. The molecule has 1 heterocycles. The molecule has 1 saturated heterocycles. The van der Waals surface area contributed by atoms with E-state index >= 15 is 0 Å². The van der Waals surface area contributed by atoms with Crippen LogP contribution in [-0.2, 0) is 16.1 Å². The maximum absolute atomic E-state index is 12.7. The zero-order valence-corrected chi connectivity index (χ0v) is 18.8. The Kier molecular flexibility index (Phi) is 7.88. The standard InChI is InChI=1S/C21H30IN5O2/c22-17-11-14(20(23)24)8-9-15(17)12-26-21(29)18-7-4-10-27(18)19(28)13-25-16-5-2-1-3-6-16/h8-9,11,16,18,25H,1-7,10,12-13H2,(H3,23,24)(H,26,29)/t18-/m1/s1. The molecule has 1 aromatic rings. The summed E-state index contributed by atoms with van der Waals surface area (Å²) < 4.78 is 0.951. The first-order valence-corrected chi connectivity index (χ1v) is 11.5. The van der Waals surface area contributed by atoms with Crippen LogP contribution in [0.5, 0.6) is 0 Å². The monoisotopic (exact) mass is 511 g/mol. The Hall–Kier alpha value is -1.68. The van der Waals surface area contributed by atoms with E-state index in [0.717, 1.165) is 28.4 Å². The SMILES string of the molecule is N=C(N)c1ccc(CNC(=O)[C@H]2CCCN2C(=O)CNC2CCCCC2)c(I)c1. The van der Waals surface area contributed by atoms with E-state index in [1.54, 1.807) is 11.0 Å². The van der Waals surface area contributed by atoms with Gasteiger partial charge in [0.1, 0.15) is 11.9 Å². The number of rotatable bonds is 7. The van der Waals surface area contributed by atoms with Crippen molar-refractivity contribution in [2.75, 3.05) is 13.1 Å². The molecule has 1 aromatic carbocycles. The summed E-state index contributed by atoms with van der Waals surface area (Å²) in [5.74, 6) is -0.0472. The number of carbonyl (C=O) groups is 2. The van der Waals surface area contributed by atoms with Gasteiger partial charge in [0.25, 0.3) is 0 Å². The highest BCUT2D eigenvalue weighted by molar-refractivity contribution is 14.1. The quantitative estimate of drug-likeness (QED) is 0.255. The fourth-order valence-electron chi connectivity index (χ4n) is 4.14. The van der Waals surface area contributed by atoms with E-state index in [1.807, 2.05) is 12.1 Å². The molecular weight excluding hydrogens is 481 g/mol. The Labute approximate surface area is 185 Å². The minimum atomic E-state index is -0.384. The summed E-state index contributed by atoms with van der Waals surface area (Å²) in [7, 11) is 0. The fraction of sp³-hybridized carbons (Fsp3) is 0.571. The molecule has 5 N–H and O–H groups in total. The number of carbonyl (C=O) groups excluding carboxylic acids is 2. The van der Waals surface area contributed by atoms with Crippen LogP contribution in [0.25, 0.3) is 0 Å². The largest absolute Gasteiger partial charge is 0.384 e. The number of nitrogens with zero attached hydrogens (tertiary/aromatic N) is 1. The highest BCUT2D eigenvalue weighted by Crippen LogP contribution is 2.20. The van der Waals surface area contributed by atoms with Gasteiger partial charge in [-0.1, -0.05) is 31.4 Å². The highest BCUT2D eigenvalue weighted by atomic mass is 127. The first-order valence-electron chi connectivity index (χ1n) is 10.4. The minimum Gasteiger partial charge on any atom is -0.384 e. The zero-order chi connectivity index (χ0) is 20.8. The number of likely N-dealkylation sites (tertiary alicyclic amines) is 1. The van der Waals surface area contributed by atoms with Crippen LogP contribution in [0.2, 0.25) is 0 Å². The lowest BCUT2D eigenvalue weighted by molar-refractivity contribution is -0.138. The molecule has 29 heavy (non-hydrogen) atoms. The number of benzene rings is 1. The third-order valence-electron chi connectivity index (χ3n) is 5.84. The van der Waals surface area contributed by atoms with Gasteiger partial charge in [-0.3, -0.25) is 15.0 Å². The molecule has 0 bridgehead atoms. The molecule has 0 aromatic heterocycles. The van der Waals surface area contributed by atoms with Crippen LogP contribution in [0.4, 0.5) is 0 Å². The molecule has 0 unspecified atom stereocenters. The molecule has 2 amide bonds. The number of amides is 2. The van der Waals surface area contributed by atoms with Crippen molar-refractivity contribution in [2.24, 2.45) is 5.73 Å². The Morgan fingerprint density at radius 3 is 2.62 bits per heavy atom. The van der Waals surface area contributed by atoms with E-state index in [-0.39, 0.29) is 23.7 Å². The Bertz CT molecular complexity index is 763. The molecule has 3 rings (SSSR count). The van der Waals surface area contributed by atoms with Crippen molar-refractivity contribution in [1.29, 1.82) is 5.41 Å². The molecular formula is C21H30IN5O2. The van der Waals surface area contributed by atoms with E-state index in [1.165, 1.54) is 19.3 Å². The second-order valence-electron chi connectivity index (χ2n) is 7.90. The van der Waals surface area contributed by atoms with E-state index in [2.05, 4.69) is 33.2 Å². The van der Waals surface area contributed by atoms with Crippen molar-refractivity contribution in [3.8, 4) is 0 Å². The van der Waals surface area contributed by atoms with Gasteiger partial charge in [0.05, 0.1) is 6.54 Å². The lowest BCUT2D eigenvalue weighted by atomic mass is 9.95. The van der Waals surface area contributed by atoms with Gasteiger partial charge in [0.2, 0.25) is 11.8 Å². The van der Waals surface area contributed by atoms with Crippen LogP contribution in [0.15, 0.2) is 18.2 Å². The first kappa shape index (κ1) is 22.0. The lowest BCUT2D eigenvalue weighted by Crippen LogP contribution is -2.49. The van der Waals surface area contributed by atoms with Crippen molar-refractivity contribution in [3.63, 3.8) is 0 Å². The molecule has 7 nitrogen and oxygen atoms in total. The summed E-state index contributed by atoms with van der Waals surface area (Å²) in [5.41, 5.74) is 7.16. The summed E-state index contributed by atoms with van der Waals surface area (Å²) in [6.45, 7) is 1.36. The Morgan fingerprint density at radius 2 is 1.93 bits per heavy atom. The van der Waals surface area contributed by atoms with Crippen molar-refractivity contribution in [1.82, 2.24) is 15.5 Å². The van der Waals surface area contributed by atoms with E-state index in [4.69, 9.17) is 11.1 Å². The van der Waals surface area contributed by atoms with Crippen molar-refractivity contribution in [2.45, 2.75) is 63.6 Å². The topological polar surface area (TPSA) is 111 Å². The number of hydrogen-bond donors (Lipinski definition) is 4. The zero-order valence-electron chi connectivity index (χ0n) is 16.7. The predicted molar refractivity (Wildman–Crippen MR) is 122 cm³/mol. The average molecular weight is 511 g/mol. The van der Waals surface area contributed by atoms with Gasteiger partial charge in [0.15, 0.2) is 0 Å². The smallest absolute Gasteiger partial charge is 0.243 e. The Balaban J connectivity index is 1.51. The van der Waals surface area contributed by atoms with Gasteiger partial charge >= 0.3 is 0 Å². The molecule has 1 saturated carbocycles. The van der Waals surface area contributed by atoms with Gasteiger partial charge in [-0.15, -0.1) is 0 Å². The summed E-state index contributed by atoms with van der Waals surface area (Å²) in [6, 6.07) is 5.55. The normalized spacial score (nSPS) is 19.9. The van der Waals surface area contributed by atoms with E-state index < -0.39 is 0 Å². The average Bonchev–Trinajstić information content (AvgIpc) is 3.21. The minimum absolute atomic E-state index is 0.0219. The second-order valence-corrected chi connectivity index (χ2v) is 9.06. The van der Waals surface area contributed by atoms with Crippen molar-refractivity contribution < 1.29 is 9.59 Å². The summed E-state index contributed by atoms with van der Waals surface area (Å²) in [5, 5.41) is 13.9. The lowest BCUT2D eigenvalue weighted by Gasteiger charge is -2.27. The molecule has 2 fully saturated rings. The molecule has 0 radical (unpaired) electrons. The molecule has 1 aliphatic carbocycles. The van der Waals surface area contributed by atoms with Crippen LogP contribution in [-0.4, -0.2) is 47.7 Å². The molecule has 1 atom stereocenters. The maximum atomic E-state index is 12.7. The van der Waals surface area contributed by atoms with Crippen LogP contribution in [0.3, 0.4) is 0 Å². The van der Waals surface area contributed by atoms with Gasteiger partial charge in [-0.25, -0.2) is 0 Å². The number of nitrogens with two attached hydrogens (primary N) is 1. The summed E-state index contributed by atoms with van der Waals surface area (Å²) >= 11 is 2.18. The van der Waals surface area contributed by atoms with Gasteiger partial charge in [-0.05, 0) is 59.9 Å².